The molecule has 0 unspecified atom stereocenters. The van der Waals surface area contributed by atoms with Gasteiger partial charge in [0.15, 0.2) is 5.41 Å². The Morgan fingerprint density at radius 3 is 2.84 bits per heavy atom. The van der Waals surface area contributed by atoms with Crippen LogP contribution in [0.25, 0.3) is 10.9 Å². The molecule has 1 aromatic heterocycles. The van der Waals surface area contributed by atoms with Crippen LogP contribution in [0.5, 0.6) is 0 Å². The fraction of sp³-hybridized carbons (Fsp3) is 0.500. The number of imide groups is 2. The van der Waals surface area contributed by atoms with Crippen molar-refractivity contribution in [3.8, 4) is 0 Å². The van der Waals surface area contributed by atoms with Gasteiger partial charge < -0.3 is 0 Å². The first-order valence-electron chi connectivity index (χ1n) is 11.4. The van der Waals surface area contributed by atoms with Crippen molar-refractivity contribution in [1.82, 2.24) is 10.2 Å². The minimum absolute atomic E-state index is 0.252. The lowest BCUT2D eigenvalue weighted by Crippen LogP contribution is -2.73. The normalized spacial score (nSPS) is 25.6. The van der Waals surface area contributed by atoms with Crippen LogP contribution in [0.15, 0.2) is 24.3 Å². The first-order valence-corrected chi connectivity index (χ1v) is 11.4. The molecule has 31 heavy (non-hydrogen) atoms. The molecule has 0 bridgehead atoms. The van der Waals surface area contributed by atoms with Gasteiger partial charge in [0.05, 0.1) is 6.54 Å². The molecule has 3 aliphatic heterocycles. The minimum Gasteiger partial charge on any atom is -0.276 e. The van der Waals surface area contributed by atoms with E-state index in [1.807, 2.05) is 6.92 Å². The number of hydrogen-bond donors (Lipinski definition) is 1. The Morgan fingerprint density at radius 1 is 1.19 bits per heavy atom. The number of piperidine rings is 1. The van der Waals surface area contributed by atoms with Gasteiger partial charge in [0.25, 0.3) is 11.7 Å². The number of rotatable bonds is 3. The first-order chi connectivity index (χ1) is 15.0. The number of aryl methyl sites for hydroxylation is 1. The number of unbranched alkanes of at least 4 members (excludes halogenated alkanes) is 1. The Kier molecular flexibility index (Phi) is 4.72. The van der Waals surface area contributed by atoms with Crippen molar-refractivity contribution in [1.29, 1.82) is 0 Å². The molecule has 7 heteroatoms. The number of carbonyl (C=O) groups is 3. The number of urea groups is 1. The average Bonchev–Trinajstić information content (AvgIpc) is 2.76. The van der Waals surface area contributed by atoms with Crippen LogP contribution in [0.1, 0.15) is 50.2 Å². The Bertz CT molecular complexity index is 1100. The van der Waals surface area contributed by atoms with Gasteiger partial charge in [-0.1, -0.05) is 25.0 Å². The van der Waals surface area contributed by atoms with Crippen molar-refractivity contribution in [2.75, 3.05) is 18.0 Å². The van der Waals surface area contributed by atoms with Crippen LogP contribution in [-0.2, 0) is 16.0 Å². The summed E-state index contributed by atoms with van der Waals surface area (Å²) in [6.45, 7) is 5.21. The molecule has 2 fully saturated rings. The molecule has 7 nitrogen and oxygen atoms in total. The number of amides is 4. The Labute approximate surface area is 181 Å². The van der Waals surface area contributed by atoms with Gasteiger partial charge in [0.2, 0.25) is 5.91 Å². The van der Waals surface area contributed by atoms with E-state index in [2.05, 4.69) is 46.4 Å². The molecule has 2 aromatic rings. The van der Waals surface area contributed by atoms with Crippen molar-refractivity contribution in [3.05, 3.63) is 35.4 Å². The number of nitrogens with one attached hydrogen (secondary N) is 2. The molecule has 4 amide bonds. The SMILES string of the molecule is CCCCN1C(=O)NC(=O)[C@@]2(Cc3cc4cc(C)ccc4[nH+]c3N3CCCC[C@@H]32)C1=O. The molecule has 162 valence electrons. The second-order valence-electron chi connectivity index (χ2n) is 9.16. The van der Waals surface area contributed by atoms with Crippen LogP contribution in [0.4, 0.5) is 10.6 Å². The number of nitrogens with zero attached hydrogens (tertiary/aromatic N) is 2. The molecule has 2 atom stereocenters. The third kappa shape index (κ3) is 2.93. The Morgan fingerprint density at radius 2 is 2.03 bits per heavy atom. The maximum atomic E-state index is 13.8. The highest BCUT2D eigenvalue weighted by Crippen LogP contribution is 2.46. The van der Waals surface area contributed by atoms with Gasteiger partial charge in [0, 0.05) is 23.9 Å². The van der Waals surface area contributed by atoms with Gasteiger partial charge in [0.1, 0.15) is 11.6 Å². The van der Waals surface area contributed by atoms with Crippen LogP contribution < -0.4 is 15.2 Å². The molecule has 2 N–H and O–H groups in total. The van der Waals surface area contributed by atoms with Gasteiger partial charge in [-0.3, -0.25) is 24.7 Å². The van der Waals surface area contributed by atoms with E-state index in [1.165, 1.54) is 4.90 Å². The summed E-state index contributed by atoms with van der Waals surface area (Å²) in [6, 6.07) is 7.55. The quantitative estimate of drug-likeness (QED) is 0.773. The molecule has 4 heterocycles. The Hall–Kier alpha value is -2.96. The molecular weight excluding hydrogens is 392 g/mol. The van der Waals surface area contributed by atoms with Crippen LogP contribution >= 0.6 is 0 Å². The Balaban J connectivity index is 1.66. The van der Waals surface area contributed by atoms with E-state index in [-0.39, 0.29) is 11.9 Å². The summed E-state index contributed by atoms with van der Waals surface area (Å²) in [5.41, 5.74) is 1.90. The molecule has 1 aromatic carbocycles. The van der Waals surface area contributed by atoms with E-state index in [4.69, 9.17) is 0 Å². The zero-order valence-electron chi connectivity index (χ0n) is 18.2. The molecule has 5 rings (SSSR count). The number of pyridine rings is 1. The zero-order valence-corrected chi connectivity index (χ0v) is 18.2. The largest absolute Gasteiger partial charge is 0.330 e. The maximum Gasteiger partial charge on any atom is 0.330 e. The highest BCUT2D eigenvalue weighted by Gasteiger charge is 2.65. The number of aromatic nitrogens is 1. The highest BCUT2D eigenvalue weighted by atomic mass is 16.2. The van der Waals surface area contributed by atoms with Crippen LogP contribution in [0.3, 0.4) is 0 Å². The number of fused-ring (bicyclic) bond motifs is 5. The van der Waals surface area contributed by atoms with E-state index in [0.29, 0.717) is 13.0 Å². The van der Waals surface area contributed by atoms with Gasteiger partial charge >= 0.3 is 6.03 Å². The predicted molar refractivity (Wildman–Crippen MR) is 117 cm³/mol. The fourth-order valence-electron chi connectivity index (χ4n) is 5.58. The van der Waals surface area contributed by atoms with Crippen molar-refractivity contribution < 1.29 is 19.4 Å². The van der Waals surface area contributed by atoms with E-state index in [0.717, 1.165) is 66.5 Å². The molecule has 0 radical (unpaired) electrons. The minimum atomic E-state index is -1.26. The van der Waals surface area contributed by atoms with Gasteiger partial charge in [-0.25, -0.2) is 9.78 Å². The number of aromatic amines is 1. The van der Waals surface area contributed by atoms with Crippen molar-refractivity contribution in [2.24, 2.45) is 5.41 Å². The number of hydrogen-bond acceptors (Lipinski definition) is 4. The van der Waals surface area contributed by atoms with Gasteiger partial charge in [-0.2, -0.15) is 0 Å². The number of anilines is 1. The first kappa shape index (κ1) is 20.0. The summed E-state index contributed by atoms with van der Waals surface area (Å²) in [5.74, 6) is 0.230. The van der Waals surface area contributed by atoms with Crippen LogP contribution in [-0.4, -0.2) is 41.9 Å². The van der Waals surface area contributed by atoms with E-state index in [9.17, 15) is 14.4 Å². The van der Waals surface area contributed by atoms with E-state index >= 15 is 0 Å². The molecular formula is C24H29N4O3+. The van der Waals surface area contributed by atoms with E-state index in [1.54, 1.807) is 0 Å². The second-order valence-corrected chi connectivity index (χ2v) is 9.16. The maximum absolute atomic E-state index is 13.8. The number of H-pyrrole nitrogens is 1. The lowest BCUT2D eigenvalue weighted by atomic mass is 9.66. The summed E-state index contributed by atoms with van der Waals surface area (Å²) in [7, 11) is 0. The van der Waals surface area contributed by atoms with Crippen LogP contribution in [0.2, 0.25) is 0 Å². The lowest BCUT2D eigenvalue weighted by molar-refractivity contribution is -0.333. The standard InChI is InChI=1S/C24H28N4O3/c1-3-4-10-28-22(30)24(21(29)26-23(28)31)14-17-13-16-12-15(2)8-9-18(16)25-20(17)27-11-6-5-7-19(24)27/h8-9,12-13,19H,3-7,10-11,14H2,1-2H3,(H,26,29,31)/p+1/t19-,24+/m1/s1. The zero-order chi connectivity index (χ0) is 21.8. The number of barbiturate groups is 1. The molecule has 0 aliphatic carbocycles. The van der Waals surface area contributed by atoms with Gasteiger partial charge in [-0.05, 0) is 50.8 Å². The van der Waals surface area contributed by atoms with Crippen molar-refractivity contribution in [3.63, 3.8) is 0 Å². The summed E-state index contributed by atoms with van der Waals surface area (Å²) in [5, 5.41) is 3.59. The monoisotopic (exact) mass is 421 g/mol. The molecule has 1 spiro atoms. The summed E-state index contributed by atoms with van der Waals surface area (Å²) in [4.78, 5) is 46.8. The summed E-state index contributed by atoms with van der Waals surface area (Å²) in [6.07, 6.45) is 4.65. The molecule has 2 saturated heterocycles. The summed E-state index contributed by atoms with van der Waals surface area (Å²) >= 11 is 0. The summed E-state index contributed by atoms with van der Waals surface area (Å²) < 4.78 is 0. The number of benzene rings is 1. The van der Waals surface area contributed by atoms with Crippen molar-refractivity contribution in [2.45, 2.75) is 58.4 Å². The second kappa shape index (κ2) is 7.32. The van der Waals surface area contributed by atoms with Crippen molar-refractivity contribution >= 4 is 34.6 Å². The molecule has 3 aliphatic rings. The van der Waals surface area contributed by atoms with E-state index < -0.39 is 17.4 Å². The predicted octanol–water partition coefficient (Wildman–Crippen LogP) is 2.74. The smallest absolute Gasteiger partial charge is 0.276 e. The topological polar surface area (TPSA) is 83.9 Å². The molecule has 0 saturated carbocycles. The third-order valence-electron chi connectivity index (χ3n) is 7.16. The van der Waals surface area contributed by atoms with Gasteiger partial charge in [-0.15, -0.1) is 0 Å². The lowest BCUT2D eigenvalue weighted by Gasteiger charge is -2.49. The highest BCUT2D eigenvalue weighted by molar-refractivity contribution is 6.20. The fourth-order valence-corrected chi connectivity index (χ4v) is 5.58. The van der Waals surface area contributed by atoms with Crippen LogP contribution in [0, 0.1) is 12.3 Å². The number of carbonyl (C=O) groups excluding carboxylic acids is 3. The average molecular weight is 422 g/mol. The third-order valence-corrected chi connectivity index (χ3v) is 7.16.